The fourth-order valence-corrected chi connectivity index (χ4v) is 4.89. The van der Waals surface area contributed by atoms with Gasteiger partial charge in [0, 0.05) is 30.1 Å². The predicted octanol–water partition coefficient (Wildman–Crippen LogP) is 3.83. The van der Waals surface area contributed by atoms with Crippen molar-refractivity contribution >= 4 is 38.2 Å². The zero-order valence-corrected chi connectivity index (χ0v) is 22.6. The summed E-state index contributed by atoms with van der Waals surface area (Å²) >= 11 is 0. The Labute approximate surface area is 216 Å². The van der Waals surface area contributed by atoms with Crippen molar-refractivity contribution in [3.8, 4) is 5.88 Å². The van der Waals surface area contributed by atoms with E-state index < -0.39 is 15.4 Å². The first-order chi connectivity index (χ1) is 17.4. The number of hydrogen-bond acceptors (Lipinski definition) is 10. The maximum atomic E-state index is 12.1. The SMILES string of the molecule is CCC(C)(N)c1cnc(O[C@H](C)CCS(C)(=O)=O)c2cnc(Nc3ccc4c(n3)[C@@H](C)COC4=O)cc12. The summed E-state index contributed by atoms with van der Waals surface area (Å²) < 4.78 is 34.3. The van der Waals surface area contributed by atoms with Gasteiger partial charge in [0.1, 0.15) is 21.5 Å². The minimum atomic E-state index is -3.10. The lowest BCUT2D eigenvalue weighted by atomic mass is 9.88. The summed E-state index contributed by atoms with van der Waals surface area (Å²) in [5, 5.41) is 4.73. The standard InChI is InChI=1S/C26H33N5O5S/c1-6-26(4,27)20-13-29-24(36-16(3)9-10-37(5,33)34)19-12-28-22(11-18(19)20)30-21-8-7-17-23(31-21)15(2)14-35-25(17)32/h7-8,11-13,15-16H,6,9-10,14,27H2,1-5H3,(H,28,30,31)/t15-,16+,26?/m0/s1. The number of nitrogens with two attached hydrogens (primary N) is 1. The van der Waals surface area contributed by atoms with Crippen LogP contribution in [0.3, 0.4) is 0 Å². The lowest BCUT2D eigenvalue weighted by Gasteiger charge is -2.26. The number of carbonyl (C=O) groups is 1. The minimum Gasteiger partial charge on any atom is -0.474 e. The molecule has 3 aromatic rings. The molecule has 37 heavy (non-hydrogen) atoms. The number of nitrogens with zero attached hydrogens (tertiary/aromatic N) is 3. The number of rotatable bonds is 9. The number of aromatic nitrogens is 3. The number of esters is 1. The van der Waals surface area contributed by atoms with Crippen molar-refractivity contribution in [3.05, 3.63) is 47.4 Å². The highest BCUT2D eigenvalue weighted by atomic mass is 32.2. The summed E-state index contributed by atoms with van der Waals surface area (Å²) in [7, 11) is -3.10. The molecule has 1 aliphatic heterocycles. The zero-order valence-electron chi connectivity index (χ0n) is 21.7. The molecule has 0 fully saturated rings. The molecule has 0 radical (unpaired) electrons. The number of pyridine rings is 3. The lowest BCUT2D eigenvalue weighted by Crippen LogP contribution is -2.32. The maximum Gasteiger partial charge on any atom is 0.340 e. The van der Waals surface area contributed by atoms with Crippen LogP contribution in [-0.4, -0.2) is 54.1 Å². The summed E-state index contributed by atoms with van der Waals surface area (Å²) in [4.78, 5) is 25.8. The highest BCUT2D eigenvalue weighted by molar-refractivity contribution is 7.90. The van der Waals surface area contributed by atoms with E-state index in [1.165, 1.54) is 6.26 Å². The largest absolute Gasteiger partial charge is 0.474 e. The Hall–Kier alpha value is -3.31. The summed E-state index contributed by atoms with van der Waals surface area (Å²) in [5.41, 5.74) is 7.96. The second-order valence-electron chi connectivity index (χ2n) is 9.96. The van der Waals surface area contributed by atoms with E-state index in [1.807, 2.05) is 33.8 Å². The normalized spacial score (nSPS) is 18.0. The van der Waals surface area contributed by atoms with Gasteiger partial charge < -0.3 is 20.5 Å². The number of carbonyl (C=O) groups excluding carboxylic acids is 1. The van der Waals surface area contributed by atoms with Crippen molar-refractivity contribution in [3.63, 3.8) is 0 Å². The quantitative estimate of drug-likeness (QED) is 0.394. The summed E-state index contributed by atoms with van der Waals surface area (Å²) in [6.07, 6.45) is 5.24. The van der Waals surface area contributed by atoms with Gasteiger partial charge in [-0.1, -0.05) is 13.8 Å². The summed E-state index contributed by atoms with van der Waals surface area (Å²) in [5.74, 6) is 1.11. The molecule has 0 saturated carbocycles. The van der Waals surface area contributed by atoms with Crippen LogP contribution >= 0.6 is 0 Å². The number of sulfone groups is 1. The van der Waals surface area contributed by atoms with Crippen LogP contribution in [0.15, 0.2) is 30.6 Å². The highest BCUT2D eigenvalue weighted by Gasteiger charge is 2.27. The van der Waals surface area contributed by atoms with Gasteiger partial charge in [-0.2, -0.15) is 0 Å². The molecular formula is C26H33N5O5S. The van der Waals surface area contributed by atoms with E-state index in [-0.39, 0.29) is 23.7 Å². The molecule has 0 bridgehead atoms. The summed E-state index contributed by atoms with van der Waals surface area (Å²) in [6, 6.07) is 5.30. The molecule has 3 aromatic heterocycles. The van der Waals surface area contributed by atoms with Gasteiger partial charge in [0.05, 0.1) is 35.1 Å². The molecule has 1 unspecified atom stereocenters. The Balaban J connectivity index is 1.70. The average molecular weight is 528 g/mol. The Morgan fingerprint density at radius 1 is 1.24 bits per heavy atom. The molecule has 10 nitrogen and oxygen atoms in total. The Morgan fingerprint density at radius 2 is 2.00 bits per heavy atom. The molecule has 3 atom stereocenters. The molecule has 3 N–H and O–H groups in total. The van der Waals surface area contributed by atoms with Gasteiger partial charge in [-0.3, -0.25) is 0 Å². The van der Waals surface area contributed by atoms with Crippen molar-refractivity contribution < 1.29 is 22.7 Å². The monoisotopic (exact) mass is 527 g/mol. The molecule has 0 saturated heterocycles. The Kier molecular flexibility index (Phi) is 7.38. The van der Waals surface area contributed by atoms with E-state index in [4.69, 9.17) is 15.2 Å². The first-order valence-corrected chi connectivity index (χ1v) is 14.3. The molecule has 0 aliphatic carbocycles. The second-order valence-corrected chi connectivity index (χ2v) is 12.2. The van der Waals surface area contributed by atoms with E-state index in [0.29, 0.717) is 53.6 Å². The van der Waals surface area contributed by atoms with Gasteiger partial charge in [0.15, 0.2) is 0 Å². The highest BCUT2D eigenvalue weighted by Crippen LogP contribution is 2.35. The van der Waals surface area contributed by atoms with E-state index in [1.54, 1.807) is 24.5 Å². The van der Waals surface area contributed by atoms with E-state index in [9.17, 15) is 13.2 Å². The van der Waals surface area contributed by atoms with Gasteiger partial charge in [0.25, 0.3) is 0 Å². The van der Waals surface area contributed by atoms with Gasteiger partial charge in [-0.15, -0.1) is 0 Å². The van der Waals surface area contributed by atoms with Gasteiger partial charge in [-0.25, -0.2) is 28.2 Å². The first-order valence-electron chi connectivity index (χ1n) is 12.3. The van der Waals surface area contributed by atoms with Gasteiger partial charge in [0.2, 0.25) is 5.88 Å². The van der Waals surface area contributed by atoms with E-state index >= 15 is 0 Å². The van der Waals surface area contributed by atoms with Crippen LogP contribution in [0.4, 0.5) is 11.6 Å². The van der Waals surface area contributed by atoms with E-state index in [2.05, 4.69) is 20.3 Å². The van der Waals surface area contributed by atoms with Crippen molar-refractivity contribution in [1.29, 1.82) is 0 Å². The van der Waals surface area contributed by atoms with Crippen LogP contribution in [0.2, 0.25) is 0 Å². The minimum absolute atomic E-state index is 0.0106. The van der Waals surface area contributed by atoms with Crippen LogP contribution in [0, 0.1) is 0 Å². The number of cyclic esters (lactones) is 1. The van der Waals surface area contributed by atoms with E-state index in [0.717, 1.165) is 10.9 Å². The number of nitrogens with one attached hydrogen (secondary N) is 1. The van der Waals surface area contributed by atoms with Crippen LogP contribution in [0.25, 0.3) is 10.8 Å². The average Bonchev–Trinajstić information content (AvgIpc) is 2.84. The Bertz CT molecular complexity index is 1440. The topological polar surface area (TPSA) is 146 Å². The third-order valence-electron chi connectivity index (χ3n) is 6.63. The molecular weight excluding hydrogens is 494 g/mol. The first kappa shape index (κ1) is 26.7. The third kappa shape index (κ3) is 5.99. The maximum absolute atomic E-state index is 12.1. The fraction of sp³-hybridized carbons (Fsp3) is 0.462. The van der Waals surface area contributed by atoms with Crippen molar-refractivity contribution in [2.75, 3.05) is 23.9 Å². The molecule has 4 heterocycles. The predicted molar refractivity (Wildman–Crippen MR) is 142 cm³/mol. The van der Waals surface area contributed by atoms with Crippen molar-refractivity contribution in [2.45, 2.75) is 58.1 Å². The smallest absolute Gasteiger partial charge is 0.340 e. The van der Waals surface area contributed by atoms with Crippen molar-refractivity contribution in [1.82, 2.24) is 15.0 Å². The molecule has 0 amide bonds. The van der Waals surface area contributed by atoms with Crippen LogP contribution in [-0.2, 0) is 20.1 Å². The molecule has 1 aliphatic rings. The molecule has 0 spiro atoms. The lowest BCUT2D eigenvalue weighted by molar-refractivity contribution is 0.0445. The van der Waals surface area contributed by atoms with Crippen LogP contribution in [0.5, 0.6) is 5.88 Å². The molecule has 198 valence electrons. The molecule has 11 heteroatoms. The number of hydrogen-bond donors (Lipinski definition) is 2. The Morgan fingerprint density at radius 3 is 2.70 bits per heavy atom. The van der Waals surface area contributed by atoms with Crippen LogP contribution < -0.4 is 15.8 Å². The number of fused-ring (bicyclic) bond motifs is 2. The molecule has 0 aromatic carbocycles. The number of anilines is 2. The van der Waals surface area contributed by atoms with Gasteiger partial charge >= 0.3 is 5.97 Å². The third-order valence-corrected chi connectivity index (χ3v) is 7.60. The molecule has 4 rings (SSSR count). The van der Waals surface area contributed by atoms with Crippen LogP contribution in [0.1, 0.15) is 68.1 Å². The zero-order chi connectivity index (χ0) is 27.0. The second kappa shape index (κ2) is 10.2. The number of ether oxygens (including phenoxy) is 2. The fourth-order valence-electron chi connectivity index (χ4n) is 4.13. The summed E-state index contributed by atoms with van der Waals surface area (Å²) in [6.45, 7) is 8.02. The van der Waals surface area contributed by atoms with Crippen molar-refractivity contribution in [2.24, 2.45) is 5.73 Å². The van der Waals surface area contributed by atoms with Gasteiger partial charge in [-0.05, 0) is 55.8 Å².